The zero-order chi connectivity index (χ0) is 5.98. The second-order valence-corrected chi connectivity index (χ2v) is 1.82. The smallest absolute Gasteiger partial charge is 0.313 e. The van der Waals surface area contributed by atoms with Crippen LogP contribution in [0.3, 0.4) is 0 Å². The van der Waals surface area contributed by atoms with E-state index in [0.29, 0.717) is 0 Å². The van der Waals surface area contributed by atoms with Crippen molar-refractivity contribution >= 4 is 6.41 Å². The van der Waals surface area contributed by atoms with Gasteiger partial charge in [-0.2, -0.15) is 0 Å². The van der Waals surface area contributed by atoms with Crippen LogP contribution in [0.25, 0.3) is 0 Å². The number of nitrogens with zero attached hydrogens (tertiary/aromatic N) is 1. The highest BCUT2D eigenvalue weighted by molar-refractivity contribution is 5.47. The maximum atomic E-state index is 9.86. The van der Waals surface area contributed by atoms with Crippen LogP contribution in [-0.4, -0.2) is 31.2 Å². The van der Waals surface area contributed by atoms with E-state index in [1.54, 1.807) is 13.5 Å². The quantitative estimate of drug-likeness (QED) is 0.462. The van der Waals surface area contributed by atoms with E-state index in [-0.39, 0.29) is 6.23 Å². The van der Waals surface area contributed by atoms with Crippen molar-refractivity contribution in [2.45, 2.75) is 12.6 Å². The van der Waals surface area contributed by atoms with Gasteiger partial charge in [-0.3, -0.25) is 4.79 Å². The Morgan fingerprint density at radius 2 is 2.50 bits per heavy atom. The maximum absolute atomic E-state index is 9.86. The van der Waals surface area contributed by atoms with Crippen LogP contribution >= 0.6 is 0 Å². The van der Waals surface area contributed by atoms with Gasteiger partial charge < -0.3 is 9.64 Å². The molecule has 1 rings (SSSR count). The monoisotopic (exact) mass is 114 g/mol. The van der Waals surface area contributed by atoms with Gasteiger partial charge in [-0.25, -0.2) is 0 Å². The van der Waals surface area contributed by atoms with Crippen molar-refractivity contribution in [3.05, 3.63) is 0 Å². The van der Waals surface area contributed by atoms with Gasteiger partial charge >= 0.3 is 6.41 Å². The standard InChI is InChI=1S/C5H8NO2/c1-6(4-7)5-2-3-8-5/h5H,2-3H2,1H3. The summed E-state index contributed by atoms with van der Waals surface area (Å²) < 4.78 is 4.95. The van der Waals surface area contributed by atoms with E-state index >= 15 is 0 Å². The van der Waals surface area contributed by atoms with Gasteiger partial charge in [0, 0.05) is 13.5 Å². The molecule has 0 saturated carbocycles. The number of ether oxygens (including phenoxy) is 1. The fourth-order valence-corrected chi connectivity index (χ4v) is 0.587. The van der Waals surface area contributed by atoms with Crippen LogP contribution in [0.4, 0.5) is 0 Å². The zero-order valence-corrected chi connectivity index (χ0v) is 4.76. The molecule has 1 amide bonds. The van der Waals surface area contributed by atoms with Crippen LogP contribution in [-0.2, 0) is 9.53 Å². The third-order valence-corrected chi connectivity index (χ3v) is 1.25. The number of carbonyl (C=O) groups excluding carboxylic acids is 1. The van der Waals surface area contributed by atoms with E-state index < -0.39 is 0 Å². The maximum Gasteiger partial charge on any atom is 0.313 e. The Morgan fingerprint density at radius 1 is 1.88 bits per heavy atom. The number of hydrogen-bond acceptors (Lipinski definition) is 2. The summed E-state index contributed by atoms with van der Waals surface area (Å²) in [5.41, 5.74) is 0. The van der Waals surface area contributed by atoms with Crippen LogP contribution in [0.1, 0.15) is 6.42 Å². The van der Waals surface area contributed by atoms with E-state index in [1.165, 1.54) is 4.90 Å². The first-order valence-electron chi connectivity index (χ1n) is 2.57. The van der Waals surface area contributed by atoms with Crippen molar-refractivity contribution < 1.29 is 9.53 Å². The molecule has 45 valence electrons. The van der Waals surface area contributed by atoms with Gasteiger partial charge in [-0.1, -0.05) is 0 Å². The van der Waals surface area contributed by atoms with Gasteiger partial charge in [0.05, 0.1) is 6.61 Å². The minimum absolute atomic E-state index is 0.00694. The Kier molecular flexibility index (Phi) is 1.48. The first-order valence-corrected chi connectivity index (χ1v) is 2.57. The van der Waals surface area contributed by atoms with Crippen LogP contribution in [0, 0.1) is 0 Å². The lowest BCUT2D eigenvalue weighted by Crippen LogP contribution is -2.41. The van der Waals surface area contributed by atoms with Gasteiger partial charge in [-0.15, -0.1) is 0 Å². The van der Waals surface area contributed by atoms with Gasteiger partial charge in [0.15, 0.2) is 0 Å². The molecule has 0 aromatic carbocycles. The highest BCUT2D eigenvalue weighted by Gasteiger charge is 2.21. The highest BCUT2D eigenvalue weighted by atomic mass is 16.5. The predicted molar refractivity (Wildman–Crippen MR) is 27.8 cm³/mol. The molecule has 1 aliphatic heterocycles. The lowest BCUT2D eigenvalue weighted by Gasteiger charge is -2.31. The second-order valence-electron chi connectivity index (χ2n) is 1.82. The fraction of sp³-hybridized carbons (Fsp3) is 0.800. The average molecular weight is 114 g/mol. The normalized spacial score (nSPS) is 26.4. The molecule has 1 unspecified atom stereocenters. The highest BCUT2D eigenvalue weighted by Crippen LogP contribution is 2.11. The van der Waals surface area contributed by atoms with E-state index in [1.807, 2.05) is 0 Å². The molecule has 0 aromatic rings. The first kappa shape index (κ1) is 5.56. The third kappa shape index (κ3) is 0.816. The van der Waals surface area contributed by atoms with E-state index in [0.717, 1.165) is 13.0 Å². The van der Waals surface area contributed by atoms with Crippen LogP contribution in [0.2, 0.25) is 0 Å². The summed E-state index contributed by atoms with van der Waals surface area (Å²) in [6.07, 6.45) is 2.68. The molecular formula is C5H8NO2. The number of amides is 1. The molecule has 1 radical (unpaired) electrons. The molecule has 0 N–H and O–H groups in total. The Balaban J connectivity index is 2.22. The minimum atomic E-state index is 0.00694. The second kappa shape index (κ2) is 2.13. The Hall–Kier alpha value is -0.570. The van der Waals surface area contributed by atoms with Gasteiger partial charge in [0.25, 0.3) is 0 Å². The van der Waals surface area contributed by atoms with E-state index in [9.17, 15) is 4.79 Å². The zero-order valence-electron chi connectivity index (χ0n) is 4.76. The summed E-state index contributed by atoms with van der Waals surface area (Å²) in [5.74, 6) is 0. The van der Waals surface area contributed by atoms with Crippen LogP contribution in [0.5, 0.6) is 0 Å². The fourth-order valence-electron chi connectivity index (χ4n) is 0.587. The molecule has 0 bridgehead atoms. The SMILES string of the molecule is CN([C]=O)C1CCO1. The van der Waals surface area contributed by atoms with Gasteiger partial charge in [0.2, 0.25) is 0 Å². The summed E-state index contributed by atoms with van der Waals surface area (Å²) >= 11 is 0. The molecule has 0 aliphatic carbocycles. The van der Waals surface area contributed by atoms with Crippen molar-refractivity contribution in [1.29, 1.82) is 0 Å². The average Bonchev–Trinajstić information content (AvgIpc) is 1.62. The molecule has 1 aliphatic rings. The lowest BCUT2D eigenvalue weighted by atomic mass is 10.3. The Morgan fingerprint density at radius 3 is 2.62 bits per heavy atom. The molecule has 8 heavy (non-hydrogen) atoms. The summed E-state index contributed by atoms with van der Waals surface area (Å²) in [5, 5.41) is 0. The molecule has 1 fully saturated rings. The topological polar surface area (TPSA) is 29.5 Å². The molecule has 1 heterocycles. The van der Waals surface area contributed by atoms with Crippen LogP contribution < -0.4 is 0 Å². The Bertz CT molecular complexity index is 90.4. The van der Waals surface area contributed by atoms with Crippen molar-refractivity contribution in [2.24, 2.45) is 0 Å². The Labute approximate surface area is 48.2 Å². The third-order valence-electron chi connectivity index (χ3n) is 1.25. The molecule has 0 aromatic heterocycles. The summed E-state index contributed by atoms with van der Waals surface area (Å²) in [7, 11) is 1.66. The molecule has 3 heteroatoms. The summed E-state index contributed by atoms with van der Waals surface area (Å²) in [6.45, 7) is 0.774. The molecule has 1 saturated heterocycles. The predicted octanol–water partition coefficient (Wildman–Crippen LogP) is -0.268. The van der Waals surface area contributed by atoms with E-state index in [4.69, 9.17) is 4.74 Å². The molecular weight excluding hydrogens is 106 g/mol. The summed E-state index contributed by atoms with van der Waals surface area (Å²) in [4.78, 5) is 11.3. The van der Waals surface area contributed by atoms with Crippen molar-refractivity contribution in [3.8, 4) is 0 Å². The van der Waals surface area contributed by atoms with Crippen molar-refractivity contribution in [1.82, 2.24) is 4.90 Å². The number of rotatable bonds is 2. The van der Waals surface area contributed by atoms with E-state index in [2.05, 4.69) is 0 Å². The van der Waals surface area contributed by atoms with Gasteiger partial charge in [-0.05, 0) is 0 Å². The van der Waals surface area contributed by atoms with Crippen LogP contribution in [0.15, 0.2) is 0 Å². The number of hydrogen-bond donors (Lipinski definition) is 0. The van der Waals surface area contributed by atoms with Gasteiger partial charge in [0.1, 0.15) is 6.23 Å². The lowest BCUT2D eigenvalue weighted by molar-refractivity contribution is -0.111. The summed E-state index contributed by atoms with van der Waals surface area (Å²) in [6, 6.07) is 0. The molecule has 0 spiro atoms. The largest absolute Gasteiger partial charge is 0.358 e. The van der Waals surface area contributed by atoms with Crippen molar-refractivity contribution in [2.75, 3.05) is 13.7 Å². The van der Waals surface area contributed by atoms with Crippen molar-refractivity contribution in [3.63, 3.8) is 0 Å². The molecule has 3 nitrogen and oxygen atoms in total. The molecule has 1 atom stereocenters. The minimum Gasteiger partial charge on any atom is -0.358 e. The first-order chi connectivity index (χ1) is 3.84.